The highest BCUT2D eigenvalue weighted by Gasteiger charge is 2.22. The van der Waals surface area contributed by atoms with Crippen LogP contribution in [-0.4, -0.2) is 13.2 Å². The molecule has 2 nitrogen and oxygen atoms in total. The molecule has 0 saturated heterocycles. The average molecular weight is 231 g/mol. The second kappa shape index (κ2) is 3.83. The molecule has 3 rings (SSSR count). The van der Waals surface area contributed by atoms with Crippen LogP contribution in [0, 0.1) is 6.92 Å². The minimum atomic E-state index is 0.612. The van der Waals surface area contributed by atoms with Crippen molar-refractivity contribution in [1.29, 1.82) is 0 Å². The summed E-state index contributed by atoms with van der Waals surface area (Å²) in [7, 11) is 0. The van der Waals surface area contributed by atoms with Gasteiger partial charge in [-0.05, 0) is 12.5 Å². The second-order valence-electron chi connectivity index (χ2n) is 3.58. The molecule has 0 unspecified atom stereocenters. The van der Waals surface area contributed by atoms with Gasteiger partial charge in [0.2, 0.25) is 0 Å². The first-order chi connectivity index (χ1) is 7.86. The van der Waals surface area contributed by atoms with Gasteiger partial charge < -0.3 is 9.47 Å². The highest BCUT2D eigenvalue weighted by Crippen LogP contribution is 2.48. The minimum Gasteiger partial charge on any atom is -0.485 e. The number of thiophene rings is 1. The lowest BCUT2D eigenvalue weighted by atomic mass is 10.2. The van der Waals surface area contributed by atoms with Crippen LogP contribution in [0.4, 0.5) is 0 Å². The Morgan fingerprint density at radius 2 is 1.69 bits per heavy atom. The normalized spacial score (nSPS) is 13.8. The summed E-state index contributed by atoms with van der Waals surface area (Å²) in [5.74, 6) is 1.67. The molecule has 3 heteroatoms. The van der Waals surface area contributed by atoms with Gasteiger partial charge in [0.15, 0.2) is 11.5 Å². The van der Waals surface area contributed by atoms with E-state index in [0.717, 1.165) is 26.8 Å². The summed E-state index contributed by atoms with van der Waals surface area (Å²) in [6.45, 7) is 5.22. The first kappa shape index (κ1) is 9.73. The van der Waals surface area contributed by atoms with Gasteiger partial charge in [-0.3, -0.25) is 0 Å². The van der Waals surface area contributed by atoms with Gasteiger partial charge in [0, 0.05) is 0 Å². The van der Waals surface area contributed by atoms with Crippen LogP contribution in [0.2, 0.25) is 0 Å². The number of ether oxygens (including phenoxy) is 2. The molecule has 0 aliphatic carbocycles. The quantitative estimate of drug-likeness (QED) is 0.749. The zero-order chi connectivity index (χ0) is 11.0. The molecule has 1 aromatic carbocycles. The van der Waals surface area contributed by atoms with E-state index >= 15 is 0 Å². The van der Waals surface area contributed by atoms with Crippen LogP contribution in [0.3, 0.4) is 0 Å². The van der Waals surface area contributed by atoms with Crippen molar-refractivity contribution in [2.45, 2.75) is 0 Å². The first-order valence-corrected chi connectivity index (χ1v) is 5.97. The zero-order valence-corrected chi connectivity index (χ0v) is 9.55. The Hall–Kier alpha value is -1.48. The van der Waals surface area contributed by atoms with Gasteiger partial charge in [-0.15, -0.1) is 11.3 Å². The SMILES string of the molecule is [CH2]c1sc(-c2ccccc2)c2c1OCCO2. The van der Waals surface area contributed by atoms with Crippen molar-refractivity contribution in [3.05, 3.63) is 42.1 Å². The van der Waals surface area contributed by atoms with Crippen LogP contribution in [0.15, 0.2) is 30.3 Å². The third kappa shape index (κ3) is 1.48. The predicted octanol–water partition coefficient (Wildman–Crippen LogP) is 3.37. The molecule has 0 bridgehead atoms. The number of hydrogen-bond donors (Lipinski definition) is 0. The molecule has 1 aliphatic heterocycles. The number of fused-ring (bicyclic) bond motifs is 1. The molecule has 0 N–H and O–H groups in total. The third-order valence-corrected chi connectivity index (χ3v) is 3.56. The van der Waals surface area contributed by atoms with Crippen LogP contribution < -0.4 is 9.47 Å². The van der Waals surface area contributed by atoms with Gasteiger partial charge in [0.05, 0.1) is 9.75 Å². The molecule has 1 aliphatic rings. The maximum atomic E-state index is 5.68. The van der Waals surface area contributed by atoms with E-state index in [2.05, 4.69) is 19.1 Å². The number of benzene rings is 1. The van der Waals surface area contributed by atoms with Crippen LogP contribution in [0.1, 0.15) is 4.88 Å². The molecule has 0 atom stereocenters. The number of rotatable bonds is 1. The molecule has 0 spiro atoms. The van der Waals surface area contributed by atoms with Gasteiger partial charge >= 0.3 is 0 Å². The molecule has 2 heterocycles. The fourth-order valence-corrected chi connectivity index (χ4v) is 2.78. The summed E-state index contributed by atoms with van der Waals surface area (Å²) in [6, 6.07) is 10.2. The van der Waals surface area contributed by atoms with Gasteiger partial charge in [0.25, 0.3) is 0 Å². The maximum absolute atomic E-state index is 5.68. The molecule has 81 valence electrons. The fraction of sp³-hybridized carbons (Fsp3) is 0.154. The number of hydrogen-bond acceptors (Lipinski definition) is 3. The first-order valence-electron chi connectivity index (χ1n) is 5.16. The molecular formula is C13H11O2S. The Morgan fingerprint density at radius 1 is 1.00 bits per heavy atom. The summed E-state index contributed by atoms with van der Waals surface area (Å²) in [5, 5.41) is 0. The van der Waals surface area contributed by atoms with Crippen molar-refractivity contribution in [3.63, 3.8) is 0 Å². The summed E-state index contributed by atoms with van der Waals surface area (Å²) in [6.07, 6.45) is 0. The minimum absolute atomic E-state index is 0.612. The van der Waals surface area contributed by atoms with E-state index in [1.165, 1.54) is 0 Å². The van der Waals surface area contributed by atoms with Gasteiger partial charge in [-0.25, -0.2) is 0 Å². The fourth-order valence-electron chi connectivity index (χ4n) is 1.79. The highest BCUT2D eigenvalue weighted by atomic mass is 32.1. The second-order valence-corrected chi connectivity index (χ2v) is 4.68. The molecular weight excluding hydrogens is 220 g/mol. The molecule has 0 fully saturated rings. The highest BCUT2D eigenvalue weighted by molar-refractivity contribution is 7.16. The van der Waals surface area contributed by atoms with Crippen molar-refractivity contribution >= 4 is 11.3 Å². The monoisotopic (exact) mass is 231 g/mol. The van der Waals surface area contributed by atoms with Crippen LogP contribution in [0.25, 0.3) is 10.4 Å². The molecule has 1 aromatic heterocycles. The van der Waals surface area contributed by atoms with Crippen LogP contribution in [-0.2, 0) is 0 Å². The van der Waals surface area contributed by atoms with Crippen molar-refractivity contribution in [1.82, 2.24) is 0 Å². The Balaban J connectivity index is 2.15. The lowest BCUT2D eigenvalue weighted by Gasteiger charge is -2.16. The Kier molecular flexibility index (Phi) is 2.33. The maximum Gasteiger partial charge on any atom is 0.180 e. The van der Waals surface area contributed by atoms with E-state index in [9.17, 15) is 0 Å². The third-order valence-electron chi connectivity index (χ3n) is 2.50. The standard InChI is InChI=1S/C13H11O2S/c1-9-11-12(15-8-7-14-11)13(16-9)10-5-3-2-4-6-10/h2-6H,1,7-8H2. The molecule has 16 heavy (non-hydrogen) atoms. The van der Waals surface area contributed by atoms with E-state index in [1.54, 1.807) is 11.3 Å². The van der Waals surface area contributed by atoms with Gasteiger partial charge in [0.1, 0.15) is 13.2 Å². The van der Waals surface area contributed by atoms with E-state index in [-0.39, 0.29) is 0 Å². The predicted molar refractivity (Wildman–Crippen MR) is 65.2 cm³/mol. The van der Waals surface area contributed by atoms with E-state index in [1.807, 2.05) is 18.2 Å². The van der Waals surface area contributed by atoms with Gasteiger partial charge in [-0.2, -0.15) is 0 Å². The smallest absolute Gasteiger partial charge is 0.180 e. The Bertz CT molecular complexity index is 502. The van der Waals surface area contributed by atoms with E-state index < -0.39 is 0 Å². The van der Waals surface area contributed by atoms with Gasteiger partial charge in [-0.1, -0.05) is 30.3 Å². The summed E-state index contributed by atoms with van der Waals surface area (Å²) in [5.41, 5.74) is 1.16. The van der Waals surface area contributed by atoms with E-state index in [0.29, 0.717) is 13.2 Å². The van der Waals surface area contributed by atoms with Crippen molar-refractivity contribution in [2.24, 2.45) is 0 Å². The van der Waals surface area contributed by atoms with Crippen molar-refractivity contribution < 1.29 is 9.47 Å². The van der Waals surface area contributed by atoms with Crippen molar-refractivity contribution in [3.8, 4) is 21.9 Å². The topological polar surface area (TPSA) is 18.5 Å². The van der Waals surface area contributed by atoms with Crippen molar-refractivity contribution in [2.75, 3.05) is 13.2 Å². The summed E-state index contributed by atoms with van der Waals surface area (Å²) in [4.78, 5) is 2.05. The lowest BCUT2D eigenvalue weighted by molar-refractivity contribution is 0.173. The summed E-state index contributed by atoms with van der Waals surface area (Å²) < 4.78 is 11.3. The summed E-state index contributed by atoms with van der Waals surface area (Å²) >= 11 is 1.62. The lowest BCUT2D eigenvalue weighted by Crippen LogP contribution is -2.14. The average Bonchev–Trinajstić information content (AvgIpc) is 2.69. The Morgan fingerprint density at radius 3 is 2.44 bits per heavy atom. The molecule has 1 radical (unpaired) electrons. The largest absolute Gasteiger partial charge is 0.485 e. The van der Waals surface area contributed by atoms with E-state index in [4.69, 9.17) is 9.47 Å². The Labute approximate surface area is 98.4 Å². The molecule has 0 amide bonds. The van der Waals surface area contributed by atoms with Crippen LogP contribution >= 0.6 is 11.3 Å². The zero-order valence-electron chi connectivity index (χ0n) is 8.73. The van der Waals surface area contributed by atoms with Crippen LogP contribution in [0.5, 0.6) is 11.5 Å². The molecule has 0 saturated carbocycles. The molecule has 2 aromatic rings.